The smallest absolute Gasteiger partial charge is 0.276 e. The van der Waals surface area contributed by atoms with Crippen LogP contribution in [0.15, 0.2) is 59.4 Å². The molecule has 5 rings (SSSR count). The molecule has 1 unspecified atom stereocenters. The molecule has 0 saturated carbocycles. The van der Waals surface area contributed by atoms with Crippen LogP contribution in [0.5, 0.6) is 0 Å². The number of para-hydroxylation sites is 1. The van der Waals surface area contributed by atoms with Gasteiger partial charge in [-0.25, -0.2) is 4.68 Å². The van der Waals surface area contributed by atoms with Gasteiger partial charge in [0.25, 0.3) is 5.56 Å². The highest BCUT2D eigenvalue weighted by Gasteiger charge is 2.30. The molecule has 3 aromatic rings. The van der Waals surface area contributed by atoms with Crippen molar-refractivity contribution in [1.29, 1.82) is 0 Å². The van der Waals surface area contributed by atoms with Crippen LogP contribution in [-0.2, 0) is 26.4 Å². The summed E-state index contributed by atoms with van der Waals surface area (Å²) in [6.45, 7) is 4.92. The molecule has 1 saturated heterocycles. The Kier molecular flexibility index (Phi) is 5.55. The van der Waals surface area contributed by atoms with E-state index in [1.807, 2.05) is 49.0 Å². The quantitative estimate of drug-likeness (QED) is 0.695. The number of fused-ring (bicyclic) bond motifs is 1. The van der Waals surface area contributed by atoms with Crippen LogP contribution in [0.3, 0.4) is 0 Å². The summed E-state index contributed by atoms with van der Waals surface area (Å²) in [6, 6.07) is 19.8. The van der Waals surface area contributed by atoms with Crippen LogP contribution in [0.1, 0.15) is 35.2 Å². The summed E-state index contributed by atoms with van der Waals surface area (Å²) in [5.41, 5.74) is 5.93. The summed E-state index contributed by atoms with van der Waals surface area (Å²) in [6.07, 6.45) is 4.73. The van der Waals surface area contributed by atoms with Gasteiger partial charge in [0.1, 0.15) is 0 Å². The van der Waals surface area contributed by atoms with Crippen molar-refractivity contribution in [3.63, 3.8) is 0 Å². The van der Waals surface area contributed by atoms with Crippen molar-refractivity contribution in [2.75, 3.05) is 13.1 Å². The molecule has 5 heteroatoms. The number of hydrogen-bond donors (Lipinski definition) is 1. The third-order valence-electron chi connectivity index (χ3n) is 7.24. The summed E-state index contributed by atoms with van der Waals surface area (Å²) in [5.74, 6) is 0. The maximum absolute atomic E-state index is 13.2. The highest BCUT2D eigenvalue weighted by Crippen LogP contribution is 2.27. The molecule has 162 valence electrons. The Balaban J connectivity index is 1.26. The fourth-order valence-corrected chi connectivity index (χ4v) is 5.37. The molecule has 2 aliphatic rings. The van der Waals surface area contributed by atoms with Gasteiger partial charge in [-0.05, 0) is 62.4 Å². The van der Waals surface area contributed by atoms with E-state index in [-0.39, 0.29) is 5.56 Å². The van der Waals surface area contributed by atoms with Crippen molar-refractivity contribution in [2.45, 2.75) is 51.2 Å². The number of nitrogens with one attached hydrogen (secondary N) is 1. The van der Waals surface area contributed by atoms with Gasteiger partial charge in [0.2, 0.25) is 0 Å². The van der Waals surface area contributed by atoms with E-state index in [1.165, 1.54) is 43.4 Å². The Bertz CT molecular complexity index is 1090. The first-order chi connectivity index (χ1) is 15.1. The molecular weight excluding hydrogens is 384 g/mol. The third-order valence-corrected chi connectivity index (χ3v) is 7.24. The minimum atomic E-state index is 0.0811. The van der Waals surface area contributed by atoms with E-state index < -0.39 is 0 Å². The Morgan fingerprint density at radius 3 is 2.39 bits per heavy atom. The van der Waals surface area contributed by atoms with Crippen LogP contribution in [0.2, 0.25) is 0 Å². The van der Waals surface area contributed by atoms with E-state index in [4.69, 9.17) is 0 Å². The summed E-state index contributed by atoms with van der Waals surface area (Å²) >= 11 is 0. The van der Waals surface area contributed by atoms with Crippen molar-refractivity contribution < 1.29 is 0 Å². The molecule has 2 heterocycles. The van der Waals surface area contributed by atoms with E-state index in [0.29, 0.717) is 18.6 Å². The second-order valence-corrected chi connectivity index (χ2v) is 9.09. The molecule has 1 atom stereocenters. The standard InChI is InChI=1S/C26H32N4O/c1-19-25(26(31)30(28(19)2)23-12-4-3-5-13-23)17-27-22-11-8-14-29(18-22)24-15-20-9-6-7-10-21(20)16-24/h3-7,9-10,12-13,22,24,27H,8,11,14-18H2,1-2H3. The fourth-order valence-electron chi connectivity index (χ4n) is 5.37. The fraction of sp³-hybridized carbons (Fsp3) is 0.423. The molecule has 0 spiro atoms. The van der Waals surface area contributed by atoms with Crippen LogP contribution >= 0.6 is 0 Å². The minimum Gasteiger partial charge on any atom is -0.308 e. The van der Waals surface area contributed by atoms with Gasteiger partial charge in [-0.2, -0.15) is 0 Å². The van der Waals surface area contributed by atoms with Gasteiger partial charge in [-0.15, -0.1) is 0 Å². The first-order valence-electron chi connectivity index (χ1n) is 11.5. The topological polar surface area (TPSA) is 42.2 Å². The van der Waals surface area contributed by atoms with Crippen molar-refractivity contribution >= 4 is 0 Å². The number of aromatic nitrogens is 2. The van der Waals surface area contributed by atoms with Gasteiger partial charge < -0.3 is 5.32 Å². The van der Waals surface area contributed by atoms with Crippen molar-refractivity contribution in [3.8, 4) is 5.69 Å². The summed E-state index contributed by atoms with van der Waals surface area (Å²) in [4.78, 5) is 15.8. The number of hydrogen-bond acceptors (Lipinski definition) is 3. The first kappa shape index (κ1) is 20.3. The molecule has 2 aromatic carbocycles. The number of rotatable bonds is 5. The molecule has 1 fully saturated rings. The predicted molar refractivity (Wildman–Crippen MR) is 125 cm³/mol. The Morgan fingerprint density at radius 1 is 1.00 bits per heavy atom. The van der Waals surface area contributed by atoms with Gasteiger partial charge in [-0.3, -0.25) is 14.4 Å². The maximum atomic E-state index is 13.2. The zero-order valence-corrected chi connectivity index (χ0v) is 18.6. The molecule has 31 heavy (non-hydrogen) atoms. The van der Waals surface area contributed by atoms with Gasteiger partial charge in [0.05, 0.1) is 11.3 Å². The lowest BCUT2D eigenvalue weighted by Crippen LogP contribution is -2.50. The van der Waals surface area contributed by atoms with Crippen molar-refractivity contribution in [1.82, 2.24) is 19.6 Å². The molecule has 0 amide bonds. The predicted octanol–water partition coefficient (Wildman–Crippen LogP) is 3.21. The zero-order valence-electron chi connectivity index (χ0n) is 18.6. The second kappa shape index (κ2) is 8.48. The van der Waals surface area contributed by atoms with E-state index in [9.17, 15) is 4.79 Å². The average Bonchev–Trinajstić information content (AvgIpc) is 3.32. The normalized spacial score (nSPS) is 19.6. The summed E-state index contributed by atoms with van der Waals surface area (Å²) in [7, 11) is 1.97. The van der Waals surface area contributed by atoms with Crippen LogP contribution < -0.4 is 10.9 Å². The van der Waals surface area contributed by atoms with Gasteiger partial charge >= 0.3 is 0 Å². The summed E-state index contributed by atoms with van der Waals surface area (Å²) < 4.78 is 3.74. The van der Waals surface area contributed by atoms with E-state index >= 15 is 0 Å². The van der Waals surface area contributed by atoms with Crippen LogP contribution in [0.25, 0.3) is 5.69 Å². The minimum absolute atomic E-state index is 0.0811. The molecule has 1 aliphatic heterocycles. The van der Waals surface area contributed by atoms with Crippen molar-refractivity contribution in [3.05, 3.63) is 87.3 Å². The lowest BCUT2D eigenvalue weighted by Gasteiger charge is -2.37. The van der Waals surface area contributed by atoms with E-state index in [0.717, 1.165) is 23.5 Å². The SMILES string of the molecule is Cc1c(CNC2CCCN(C3Cc4ccccc4C3)C2)c(=O)n(-c2ccccc2)n1C. The van der Waals surface area contributed by atoms with Crippen LogP contribution in [0.4, 0.5) is 0 Å². The Hall–Kier alpha value is -2.63. The molecule has 1 N–H and O–H groups in total. The highest BCUT2D eigenvalue weighted by atomic mass is 16.1. The molecule has 5 nitrogen and oxygen atoms in total. The molecule has 1 aliphatic carbocycles. The van der Waals surface area contributed by atoms with Gasteiger partial charge in [0, 0.05) is 37.9 Å². The molecule has 1 aromatic heterocycles. The number of piperidine rings is 1. The lowest BCUT2D eigenvalue weighted by atomic mass is 10.0. The highest BCUT2D eigenvalue weighted by molar-refractivity contribution is 5.34. The Labute approximate surface area is 184 Å². The van der Waals surface area contributed by atoms with Crippen molar-refractivity contribution in [2.24, 2.45) is 7.05 Å². The number of nitrogens with zero attached hydrogens (tertiary/aromatic N) is 3. The molecular formula is C26H32N4O. The maximum Gasteiger partial charge on any atom is 0.276 e. The zero-order chi connectivity index (χ0) is 21.4. The molecule has 0 radical (unpaired) electrons. The van der Waals surface area contributed by atoms with Crippen LogP contribution in [-0.4, -0.2) is 39.4 Å². The Morgan fingerprint density at radius 2 is 1.68 bits per heavy atom. The van der Waals surface area contributed by atoms with Gasteiger partial charge in [-0.1, -0.05) is 42.5 Å². The monoisotopic (exact) mass is 416 g/mol. The third kappa shape index (κ3) is 3.88. The largest absolute Gasteiger partial charge is 0.308 e. The second-order valence-electron chi connectivity index (χ2n) is 9.09. The number of likely N-dealkylation sites (tertiary alicyclic amines) is 1. The average molecular weight is 417 g/mol. The lowest BCUT2D eigenvalue weighted by molar-refractivity contribution is 0.140. The first-order valence-corrected chi connectivity index (χ1v) is 11.5. The summed E-state index contributed by atoms with van der Waals surface area (Å²) in [5, 5.41) is 3.72. The molecule has 0 bridgehead atoms. The van der Waals surface area contributed by atoms with Gasteiger partial charge in [0.15, 0.2) is 0 Å². The van der Waals surface area contributed by atoms with Crippen LogP contribution in [0, 0.1) is 6.92 Å². The number of benzene rings is 2. The van der Waals surface area contributed by atoms with E-state index in [1.54, 1.807) is 4.68 Å². The van der Waals surface area contributed by atoms with E-state index in [2.05, 4.69) is 34.5 Å².